The molecule has 2 aromatic rings. The SMILES string of the molecule is COc1ccc(N)c(N)c1-c1ccc(Br)cn1. The summed E-state index contributed by atoms with van der Waals surface area (Å²) in [5.74, 6) is 0.659. The number of ether oxygens (including phenoxy) is 1. The molecule has 0 aliphatic heterocycles. The molecule has 0 spiro atoms. The molecule has 0 bridgehead atoms. The maximum absolute atomic E-state index is 5.97. The van der Waals surface area contributed by atoms with Crippen molar-refractivity contribution in [3.63, 3.8) is 0 Å². The van der Waals surface area contributed by atoms with Gasteiger partial charge in [0.15, 0.2) is 0 Å². The van der Waals surface area contributed by atoms with Gasteiger partial charge in [0.05, 0.1) is 29.7 Å². The molecule has 0 aliphatic carbocycles. The van der Waals surface area contributed by atoms with E-state index in [1.54, 1.807) is 25.4 Å². The molecule has 1 aromatic heterocycles. The Balaban J connectivity index is 2.64. The third-order valence-corrected chi connectivity index (χ3v) is 2.91. The molecule has 17 heavy (non-hydrogen) atoms. The minimum atomic E-state index is 0.485. The Hall–Kier alpha value is -1.75. The van der Waals surface area contributed by atoms with Crippen LogP contribution >= 0.6 is 15.9 Å². The normalized spacial score (nSPS) is 10.2. The van der Waals surface area contributed by atoms with E-state index in [9.17, 15) is 0 Å². The van der Waals surface area contributed by atoms with Crippen molar-refractivity contribution in [2.75, 3.05) is 18.6 Å². The summed E-state index contributed by atoms with van der Waals surface area (Å²) in [6.07, 6.45) is 1.71. The minimum Gasteiger partial charge on any atom is -0.496 e. The average Bonchev–Trinajstić information content (AvgIpc) is 2.34. The molecule has 0 fully saturated rings. The van der Waals surface area contributed by atoms with Gasteiger partial charge in [-0.2, -0.15) is 0 Å². The topological polar surface area (TPSA) is 74.2 Å². The monoisotopic (exact) mass is 293 g/mol. The number of hydrogen-bond acceptors (Lipinski definition) is 4. The number of methoxy groups -OCH3 is 1. The standard InChI is InChI=1S/C12H12BrN3O/c1-17-10-5-3-8(14)12(15)11(10)9-4-2-7(13)6-16-9/h2-6H,14-15H2,1H3. The fraction of sp³-hybridized carbons (Fsp3) is 0.0833. The summed E-state index contributed by atoms with van der Waals surface area (Å²) in [6.45, 7) is 0. The van der Waals surface area contributed by atoms with E-state index in [4.69, 9.17) is 16.2 Å². The van der Waals surface area contributed by atoms with Crippen LogP contribution in [-0.4, -0.2) is 12.1 Å². The van der Waals surface area contributed by atoms with Crippen LogP contribution in [0, 0.1) is 0 Å². The Bertz CT molecular complexity index is 540. The van der Waals surface area contributed by atoms with Gasteiger partial charge in [-0.1, -0.05) is 0 Å². The fourth-order valence-electron chi connectivity index (χ4n) is 1.57. The molecule has 1 aromatic carbocycles. The van der Waals surface area contributed by atoms with Crippen LogP contribution in [0.2, 0.25) is 0 Å². The smallest absolute Gasteiger partial charge is 0.130 e. The molecule has 1 heterocycles. The van der Waals surface area contributed by atoms with Crippen LogP contribution in [0.15, 0.2) is 34.9 Å². The predicted octanol–water partition coefficient (Wildman–Crippen LogP) is 2.68. The maximum Gasteiger partial charge on any atom is 0.130 e. The number of halogens is 1. The summed E-state index contributed by atoms with van der Waals surface area (Å²) >= 11 is 3.34. The van der Waals surface area contributed by atoms with Gasteiger partial charge in [-0.05, 0) is 40.2 Å². The van der Waals surface area contributed by atoms with E-state index in [1.807, 2.05) is 12.1 Å². The molecule has 0 saturated heterocycles. The zero-order valence-corrected chi connectivity index (χ0v) is 10.9. The van der Waals surface area contributed by atoms with Crippen molar-refractivity contribution in [1.29, 1.82) is 0 Å². The zero-order chi connectivity index (χ0) is 12.4. The lowest BCUT2D eigenvalue weighted by atomic mass is 10.1. The van der Waals surface area contributed by atoms with Crippen molar-refractivity contribution in [3.05, 3.63) is 34.9 Å². The first-order valence-corrected chi connectivity index (χ1v) is 5.76. The molecule has 4 N–H and O–H groups in total. The highest BCUT2D eigenvalue weighted by Crippen LogP contribution is 2.37. The van der Waals surface area contributed by atoms with E-state index >= 15 is 0 Å². The van der Waals surface area contributed by atoms with Crippen LogP contribution in [0.25, 0.3) is 11.3 Å². The fourth-order valence-corrected chi connectivity index (χ4v) is 1.81. The zero-order valence-electron chi connectivity index (χ0n) is 9.27. The van der Waals surface area contributed by atoms with Crippen molar-refractivity contribution in [2.45, 2.75) is 0 Å². The first-order chi connectivity index (χ1) is 8.13. The summed E-state index contributed by atoms with van der Waals surface area (Å²) in [7, 11) is 1.59. The highest BCUT2D eigenvalue weighted by Gasteiger charge is 2.13. The molecular formula is C12H12BrN3O. The Morgan fingerprint density at radius 1 is 1.18 bits per heavy atom. The predicted molar refractivity (Wildman–Crippen MR) is 72.7 cm³/mol. The van der Waals surface area contributed by atoms with Gasteiger partial charge in [-0.25, -0.2) is 0 Å². The number of rotatable bonds is 2. The van der Waals surface area contributed by atoms with Gasteiger partial charge in [0, 0.05) is 10.7 Å². The number of benzene rings is 1. The first kappa shape index (κ1) is 11.7. The Labute approximate surface area is 108 Å². The van der Waals surface area contributed by atoms with Gasteiger partial charge in [0.1, 0.15) is 5.75 Å². The van der Waals surface area contributed by atoms with Crippen molar-refractivity contribution < 1.29 is 4.74 Å². The lowest BCUT2D eigenvalue weighted by Crippen LogP contribution is -2.00. The second-order valence-electron chi connectivity index (χ2n) is 3.51. The van der Waals surface area contributed by atoms with Gasteiger partial charge in [0.2, 0.25) is 0 Å². The second kappa shape index (κ2) is 4.63. The second-order valence-corrected chi connectivity index (χ2v) is 4.42. The molecular weight excluding hydrogens is 282 g/mol. The summed E-state index contributed by atoms with van der Waals surface area (Å²) in [5, 5.41) is 0. The molecule has 0 saturated carbocycles. The summed E-state index contributed by atoms with van der Waals surface area (Å²) in [4.78, 5) is 4.30. The highest BCUT2D eigenvalue weighted by molar-refractivity contribution is 9.10. The van der Waals surface area contributed by atoms with Crippen molar-refractivity contribution in [1.82, 2.24) is 4.98 Å². The number of hydrogen-bond donors (Lipinski definition) is 2. The number of aromatic nitrogens is 1. The maximum atomic E-state index is 5.97. The van der Waals surface area contributed by atoms with Crippen LogP contribution in [0.1, 0.15) is 0 Å². The molecule has 5 heteroatoms. The van der Waals surface area contributed by atoms with E-state index in [-0.39, 0.29) is 0 Å². The lowest BCUT2D eigenvalue weighted by Gasteiger charge is -2.12. The third kappa shape index (κ3) is 2.19. The quantitative estimate of drug-likeness (QED) is 0.835. The largest absolute Gasteiger partial charge is 0.496 e. The number of pyridine rings is 1. The number of nitrogens with two attached hydrogens (primary N) is 2. The van der Waals surface area contributed by atoms with Gasteiger partial charge >= 0.3 is 0 Å². The van der Waals surface area contributed by atoms with Gasteiger partial charge in [-0.3, -0.25) is 4.98 Å². The van der Waals surface area contributed by atoms with Gasteiger partial charge < -0.3 is 16.2 Å². The van der Waals surface area contributed by atoms with E-state index in [1.165, 1.54) is 0 Å². The molecule has 0 aliphatic rings. The molecule has 0 amide bonds. The number of anilines is 2. The molecule has 2 rings (SSSR count). The summed E-state index contributed by atoms with van der Waals surface area (Å²) in [5.41, 5.74) is 14.2. The lowest BCUT2D eigenvalue weighted by molar-refractivity contribution is 0.416. The molecule has 0 atom stereocenters. The van der Waals surface area contributed by atoms with Gasteiger partial charge in [-0.15, -0.1) is 0 Å². The minimum absolute atomic E-state index is 0.485. The van der Waals surface area contributed by atoms with Crippen LogP contribution in [0.4, 0.5) is 11.4 Å². The molecule has 4 nitrogen and oxygen atoms in total. The van der Waals surface area contributed by atoms with Crippen molar-refractivity contribution in [3.8, 4) is 17.0 Å². The number of nitrogen functional groups attached to an aromatic ring is 2. The number of nitrogens with zero attached hydrogens (tertiary/aromatic N) is 1. The summed E-state index contributed by atoms with van der Waals surface area (Å²) < 4.78 is 6.18. The van der Waals surface area contributed by atoms with E-state index in [0.29, 0.717) is 17.1 Å². The van der Waals surface area contributed by atoms with Crippen LogP contribution in [0.5, 0.6) is 5.75 Å². The molecule has 88 valence electrons. The van der Waals surface area contributed by atoms with Crippen LogP contribution < -0.4 is 16.2 Å². The van der Waals surface area contributed by atoms with Gasteiger partial charge in [0.25, 0.3) is 0 Å². The van der Waals surface area contributed by atoms with Crippen LogP contribution in [0.3, 0.4) is 0 Å². The van der Waals surface area contributed by atoms with Crippen LogP contribution in [-0.2, 0) is 0 Å². The van der Waals surface area contributed by atoms with E-state index in [2.05, 4.69) is 20.9 Å². The van der Waals surface area contributed by atoms with E-state index in [0.717, 1.165) is 15.7 Å². The first-order valence-electron chi connectivity index (χ1n) is 4.97. The van der Waals surface area contributed by atoms with Crippen molar-refractivity contribution >= 4 is 27.3 Å². The Morgan fingerprint density at radius 3 is 2.53 bits per heavy atom. The highest BCUT2D eigenvalue weighted by atomic mass is 79.9. The third-order valence-electron chi connectivity index (χ3n) is 2.44. The molecule has 0 radical (unpaired) electrons. The Kier molecular flexibility index (Phi) is 3.19. The van der Waals surface area contributed by atoms with Crippen molar-refractivity contribution in [2.24, 2.45) is 0 Å². The summed E-state index contributed by atoms with van der Waals surface area (Å²) in [6, 6.07) is 7.25. The Morgan fingerprint density at radius 2 is 1.94 bits per heavy atom. The van der Waals surface area contributed by atoms with E-state index < -0.39 is 0 Å². The molecule has 0 unspecified atom stereocenters. The average molecular weight is 294 g/mol.